The predicted octanol–water partition coefficient (Wildman–Crippen LogP) is 3.94. The summed E-state index contributed by atoms with van der Waals surface area (Å²) in [6.07, 6.45) is -4.42. The van der Waals surface area contributed by atoms with Crippen LogP contribution >= 0.6 is 40.7 Å². The van der Waals surface area contributed by atoms with E-state index in [1.165, 1.54) is 17.0 Å². The second kappa shape index (κ2) is 8.53. The van der Waals surface area contributed by atoms with Crippen LogP contribution in [-0.4, -0.2) is 37.3 Å². The van der Waals surface area contributed by atoms with E-state index in [4.69, 9.17) is 0 Å². The lowest BCUT2D eigenvalue weighted by molar-refractivity contribution is -0.187. The molecule has 0 radical (unpaired) electrons. The first-order valence-corrected chi connectivity index (χ1v) is 6.65. The standard InChI is InChI=1S/C12H13BrF4N2.2ClH/c13-9-2-1-8(7-10(9)14)11(12(15,16)17)19-5-3-18-4-6-19;;/h1-2,7,11,18H,3-6H2;2*1H/t11-;;/m0../s1. The summed E-state index contributed by atoms with van der Waals surface area (Å²) >= 11 is 2.95. The summed E-state index contributed by atoms with van der Waals surface area (Å²) in [4.78, 5) is 1.33. The topological polar surface area (TPSA) is 15.3 Å². The number of piperazine rings is 1. The van der Waals surface area contributed by atoms with Crippen LogP contribution in [0, 0.1) is 5.82 Å². The molecule has 1 fully saturated rings. The molecular formula is C12H15BrCl2F4N2. The maximum atomic E-state index is 13.4. The molecule has 0 aromatic heterocycles. The van der Waals surface area contributed by atoms with Gasteiger partial charge in [-0.15, -0.1) is 24.8 Å². The highest BCUT2D eigenvalue weighted by Gasteiger charge is 2.45. The Morgan fingerprint density at radius 1 is 1.14 bits per heavy atom. The fraction of sp³-hybridized carbons (Fsp3) is 0.500. The molecule has 1 atom stereocenters. The first-order valence-electron chi connectivity index (χ1n) is 5.86. The minimum absolute atomic E-state index is 0. The van der Waals surface area contributed by atoms with Gasteiger partial charge in [0, 0.05) is 26.2 Å². The Morgan fingerprint density at radius 3 is 2.19 bits per heavy atom. The number of rotatable bonds is 2. The number of hydrogen-bond donors (Lipinski definition) is 1. The first kappa shape index (κ1) is 20.9. The molecule has 0 bridgehead atoms. The molecule has 1 aromatic carbocycles. The number of benzene rings is 1. The Balaban J connectivity index is 0.00000200. The van der Waals surface area contributed by atoms with Crippen molar-refractivity contribution in [3.05, 3.63) is 34.1 Å². The smallest absolute Gasteiger partial charge is 0.314 e. The van der Waals surface area contributed by atoms with Crippen LogP contribution in [0.15, 0.2) is 22.7 Å². The quantitative estimate of drug-likeness (QED) is 0.738. The van der Waals surface area contributed by atoms with Gasteiger partial charge in [0.15, 0.2) is 0 Å². The van der Waals surface area contributed by atoms with E-state index in [2.05, 4.69) is 21.2 Å². The van der Waals surface area contributed by atoms with Gasteiger partial charge in [0.05, 0.1) is 4.47 Å². The molecule has 1 saturated heterocycles. The van der Waals surface area contributed by atoms with Gasteiger partial charge in [-0.05, 0) is 33.6 Å². The summed E-state index contributed by atoms with van der Waals surface area (Å²) in [5.74, 6) is -0.679. The summed E-state index contributed by atoms with van der Waals surface area (Å²) in [6.45, 7) is 1.60. The highest BCUT2D eigenvalue weighted by Crippen LogP contribution is 2.38. The molecule has 1 aromatic rings. The summed E-state index contributed by atoms with van der Waals surface area (Å²) in [5, 5.41) is 3.00. The van der Waals surface area contributed by atoms with Crippen LogP contribution in [-0.2, 0) is 0 Å². The van der Waals surface area contributed by atoms with E-state index in [0.717, 1.165) is 6.07 Å². The summed E-state index contributed by atoms with van der Waals surface area (Å²) in [6, 6.07) is 1.82. The van der Waals surface area contributed by atoms with Crippen molar-refractivity contribution in [3.63, 3.8) is 0 Å². The minimum Gasteiger partial charge on any atom is -0.314 e. The maximum Gasteiger partial charge on any atom is 0.408 e. The highest BCUT2D eigenvalue weighted by atomic mass is 79.9. The number of alkyl halides is 3. The van der Waals surface area contributed by atoms with Gasteiger partial charge in [-0.2, -0.15) is 13.2 Å². The normalized spacial score (nSPS) is 17.6. The van der Waals surface area contributed by atoms with Crippen molar-refractivity contribution in [1.29, 1.82) is 0 Å². The van der Waals surface area contributed by atoms with Gasteiger partial charge in [0.25, 0.3) is 0 Å². The van der Waals surface area contributed by atoms with Crippen LogP contribution in [0.4, 0.5) is 17.6 Å². The average Bonchev–Trinajstić information content (AvgIpc) is 2.34. The lowest BCUT2D eigenvalue weighted by Crippen LogP contribution is -2.49. The van der Waals surface area contributed by atoms with Crippen molar-refractivity contribution in [3.8, 4) is 0 Å². The fourth-order valence-corrected chi connectivity index (χ4v) is 2.48. The summed E-state index contributed by atoms with van der Waals surface area (Å²) in [5.41, 5.74) is -0.0601. The molecule has 0 spiro atoms. The molecule has 1 heterocycles. The van der Waals surface area contributed by atoms with Crippen molar-refractivity contribution >= 4 is 40.7 Å². The van der Waals surface area contributed by atoms with E-state index in [1.807, 2.05) is 0 Å². The van der Waals surface area contributed by atoms with Crippen LogP contribution in [0.25, 0.3) is 0 Å². The Morgan fingerprint density at radius 2 is 1.71 bits per heavy atom. The molecule has 2 nitrogen and oxygen atoms in total. The minimum atomic E-state index is -4.42. The SMILES string of the molecule is Cl.Cl.Fc1cc([C@H](N2CCNCC2)C(F)(F)F)ccc1Br. The Bertz CT molecular complexity index is 453. The molecule has 1 N–H and O–H groups in total. The lowest BCUT2D eigenvalue weighted by atomic mass is 10.0. The van der Waals surface area contributed by atoms with Crippen molar-refractivity contribution in [2.75, 3.05) is 26.2 Å². The molecule has 122 valence electrons. The van der Waals surface area contributed by atoms with E-state index in [9.17, 15) is 17.6 Å². The third-order valence-electron chi connectivity index (χ3n) is 3.09. The van der Waals surface area contributed by atoms with E-state index in [-0.39, 0.29) is 34.9 Å². The average molecular weight is 414 g/mol. The van der Waals surface area contributed by atoms with Crippen molar-refractivity contribution in [2.45, 2.75) is 12.2 Å². The van der Waals surface area contributed by atoms with Gasteiger partial charge in [-0.1, -0.05) is 6.07 Å². The zero-order chi connectivity index (χ0) is 14.0. The van der Waals surface area contributed by atoms with Crippen LogP contribution in [0.1, 0.15) is 11.6 Å². The van der Waals surface area contributed by atoms with Gasteiger partial charge in [0.2, 0.25) is 0 Å². The van der Waals surface area contributed by atoms with Crippen LogP contribution in [0.5, 0.6) is 0 Å². The fourth-order valence-electron chi connectivity index (χ4n) is 2.23. The maximum absolute atomic E-state index is 13.4. The Hall–Kier alpha value is -0.0800. The summed E-state index contributed by atoms with van der Waals surface area (Å²) < 4.78 is 53.3. The molecule has 0 unspecified atom stereocenters. The number of nitrogens with zero attached hydrogens (tertiary/aromatic N) is 1. The molecule has 1 aliphatic rings. The van der Waals surface area contributed by atoms with Crippen LogP contribution in [0.2, 0.25) is 0 Å². The molecule has 0 saturated carbocycles. The van der Waals surface area contributed by atoms with E-state index < -0.39 is 18.0 Å². The van der Waals surface area contributed by atoms with Gasteiger partial charge in [0.1, 0.15) is 11.9 Å². The molecule has 1 aliphatic heterocycles. The molecular weight excluding hydrogens is 399 g/mol. The second-order valence-corrected chi connectivity index (χ2v) is 5.26. The van der Waals surface area contributed by atoms with Crippen LogP contribution < -0.4 is 5.32 Å². The lowest BCUT2D eigenvalue weighted by Gasteiger charge is -2.36. The highest BCUT2D eigenvalue weighted by molar-refractivity contribution is 9.10. The largest absolute Gasteiger partial charge is 0.408 e. The second-order valence-electron chi connectivity index (χ2n) is 4.40. The zero-order valence-corrected chi connectivity index (χ0v) is 14.0. The summed E-state index contributed by atoms with van der Waals surface area (Å²) in [7, 11) is 0. The third-order valence-corrected chi connectivity index (χ3v) is 3.73. The predicted molar refractivity (Wildman–Crippen MR) is 81.8 cm³/mol. The molecule has 21 heavy (non-hydrogen) atoms. The molecule has 0 amide bonds. The van der Waals surface area contributed by atoms with Crippen molar-refractivity contribution in [2.24, 2.45) is 0 Å². The van der Waals surface area contributed by atoms with Gasteiger partial charge in [-0.25, -0.2) is 4.39 Å². The molecule has 0 aliphatic carbocycles. The van der Waals surface area contributed by atoms with E-state index in [0.29, 0.717) is 26.2 Å². The third kappa shape index (κ3) is 5.25. The van der Waals surface area contributed by atoms with Gasteiger partial charge < -0.3 is 5.32 Å². The number of halogens is 7. The number of nitrogens with one attached hydrogen (secondary N) is 1. The van der Waals surface area contributed by atoms with Crippen molar-refractivity contribution in [1.82, 2.24) is 10.2 Å². The van der Waals surface area contributed by atoms with Gasteiger partial charge in [-0.3, -0.25) is 4.90 Å². The Kier molecular flexibility index (Phi) is 8.49. The molecule has 2 rings (SSSR count). The molecule has 9 heteroatoms. The van der Waals surface area contributed by atoms with Crippen LogP contribution in [0.3, 0.4) is 0 Å². The number of hydrogen-bond acceptors (Lipinski definition) is 2. The van der Waals surface area contributed by atoms with E-state index in [1.54, 1.807) is 0 Å². The van der Waals surface area contributed by atoms with Gasteiger partial charge >= 0.3 is 6.18 Å². The van der Waals surface area contributed by atoms with E-state index >= 15 is 0 Å². The Labute approximate surface area is 141 Å². The first-order chi connectivity index (χ1) is 8.89. The van der Waals surface area contributed by atoms with Crippen molar-refractivity contribution < 1.29 is 17.6 Å². The zero-order valence-electron chi connectivity index (χ0n) is 10.8. The monoisotopic (exact) mass is 412 g/mol.